The topological polar surface area (TPSA) is 56.3 Å². The Bertz CT molecular complexity index is 856. The summed E-state index contributed by atoms with van der Waals surface area (Å²) in [6.07, 6.45) is 2.79. The highest BCUT2D eigenvalue weighted by Crippen LogP contribution is 2.21. The zero-order valence-corrected chi connectivity index (χ0v) is 16.4. The number of imidazole rings is 1. The number of nitrogens with one attached hydrogen (secondary N) is 2. The van der Waals surface area contributed by atoms with Crippen molar-refractivity contribution in [1.82, 2.24) is 20.2 Å². The maximum Gasteiger partial charge on any atom is 0.193 e. The van der Waals surface area contributed by atoms with Gasteiger partial charge in [0.1, 0.15) is 5.82 Å². The number of benzene rings is 1. The maximum absolute atomic E-state index is 5.97. The van der Waals surface area contributed by atoms with Gasteiger partial charge in [-0.3, -0.25) is 4.99 Å². The van der Waals surface area contributed by atoms with E-state index in [4.69, 9.17) is 11.6 Å². The molecule has 136 valence electrons. The molecule has 0 amide bonds. The Morgan fingerprint density at radius 3 is 2.77 bits per heavy atom. The van der Waals surface area contributed by atoms with E-state index in [0.29, 0.717) is 6.54 Å². The summed E-state index contributed by atoms with van der Waals surface area (Å²) in [5.74, 6) is 1.74. The van der Waals surface area contributed by atoms with Crippen LogP contribution in [0.15, 0.2) is 53.7 Å². The molecule has 0 aliphatic carbocycles. The van der Waals surface area contributed by atoms with Gasteiger partial charge >= 0.3 is 0 Å². The average molecular weight is 388 g/mol. The molecule has 26 heavy (non-hydrogen) atoms. The molecule has 0 radical (unpaired) electrons. The average Bonchev–Trinajstić information content (AvgIpc) is 3.28. The quantitative estimate of drug-likeness (QED) is 0.495. The lowest BCUT2D eigenvalue weighted by Gasteiger charge is -2.21. The molecular weight excluding hydrogens is 366 g/mol. The first-order valence-electron chi connectivity index (χ1n) is 8.41. The van der Waals surface area contributed by atoms with Crippen LogP contribution in [0.3, 0.4) is 0 Å². The fourth-order valence-corrected chi connectivity index (χ4v) is 3.76. The molecule has 7 heteroatoms. The molecule has 5 nitrogen and oxygen atoms in total. The number of guanidine groups is 1. The van der Waals surface area contributed by atoms with E-state index in [2.05, 4.69) is 43.4 Å². The fraction of sp³-hybridized carbons (Fsp3) is 0.263. The van der Waals surface area contributed by atoms with Gasteiger partial charge in [-0.15, -0.1) is 11.3 Å². The van der Waals surface area contributed by atoms with Crippen LogP contribution in [0.25, 0.3) is 11.3 Å². The summed E-state index contributed by atoms with van der Waals surface area (Å²) in [6, 6.07) is 14.2. The molecular formula is C19H22ClN5S. The van der Waals surface area contributed by atoms with E-state index in [1.807, 2.05) is 37.5 Å². The van der Waals surface area contributed by atoms with Crippen LogP contribution in [0.1, 0.15) is 10.7 Å². The van der Waals surface area contributed by atoms with E-state index < -0.39 is 0 Å². The van der Waals surface area contributed by atoms with E-state index >= 15 is 0 Å². The first kappa shape index (κ1) is 18.5. The number of aromatic amines is 1. The van der Waals surface area contributed by atoms with Crippen molar-refractivity contribution in [2.24, 2.45) is 4.99 Å². The number of halogens is 1. The minimum atomic E-state index is 0.650. The van der Waals surface area contributed by atoms with E-state index in [9.17, 15) is 0 Å². The van der Waals surface area contributed by atoms with Crippen molar-refractivity contribution in [1.29, 1.82) is 0 Å². The first-order chi connectivity index (χ1) is 12.7. The summed E-state index contributed by atoms with van der Waals surface area (Å²) < 4.78 is 0.827. The van der Waals surface area contributed by atoms with Crippen molar-refractivity contribution in [3.05, 3.63) is 63.7 Å². The lowest BCUT2D eigenvalue weighted by molar-refractivity contribution is 0.464. The predicted molar refractivity (Wildman–Crippen MR) is 110 cm³/mol. The third-order valence-corrected chi connectivity index (χ3v) is 5.25. The highest BCUT2D eigenvalue weighted by Gasteiger charge is 2.10. The minimum Gasteiger partial charge on any atom is -0.356 e. The number of rotatable bonds is 6. The molecule has 0 bridgehead atoms. The van der Waals surface area contributed by atoms with Gasteiger partial charge in [-0.05, 0) is 24.1 Å². The van der Waals surface area contributed by atoms with Crippen molar-refractivity contribution in [3.63, 3.8) is 0 Å². The van der Waals surface area contributed by atoms with Gasteiger partial charge in [0, 0.05) is 25.5 Å². The molecule has 2 heterocycles. The summed E-state index contributed by atoms with van der Waals surface area (Å²) >= 11 is 7.59. The monoisotopic (exact) mass is 387 g/mol. The van der Waals surface area contributed by atoms with Gasteiger partial charge < -0.3 is 15.2 Å². The van der Waals surface area contributed by atoms with E-state index in [1.54, 1.807) is 18.4 Å². The van der Waals surface area contributed by atoms with Crippen molar-refractivity contribution in [2.45, 2.75) is 13.0 Å². The molecule has 3 aromatic rings. The lowest BCUT2D eigenvalue weighted by Crippen LogP contribution is -2.39. The standard InChI is InChI=1S/C19H22ClN5S/c1-21-19(22-11-10-15-8-9-17(20)26-15)25(2)13-18-23-12-16(24-18)14-6-4-3-5-7-14/h3-9,12H,10-11,13H2,1-2H3,(H,21,22)(H,23,24). The Morgan fingerprint density at radius 1 is 1.27 bits per heavy atom. The fourth-order valence-electron chi connectivity index (χ4n) is 2.68. The summed E-state index contributed by atoms with van der Waals surface area (Å²) in [4.78, 5) is 15.5. The van der Waals surface area contributed by atoms with Crippen LogP contribution in [0.4, 0.5) is 0 Å². The molecule has 0 saturated carbocycles. The van der Waals surface area contributed by atoms with E-state index in [0.717, 1.165) is 40.3 Å². The summed E-state index contributed by atoms with van der Waals surface area (Å²) in [7, 11) is 3.79. The molecule has 1 aromatic carbocycles. The minimum absolute atomic E-state index is 0.650. The summed E-state index contributed by atoms with van der Waals surface area (Å²) in [5.41, 5.74) is 2.15. The number of H-pyrrole nitrogens is 1. The van der Waals surface area contributed by atoms with Gasteiger partial charge in [0.25, 0.3) is 0 Å². The first-order valence-corrected chi connectivity index (χ1v) is 9.60. The molecule has 0 spiro atoms. The third-order valence-electron chi connectivity index (χ3n) is 3.96. The number of thiophene rings is 1. The molecule has 0 fully saturated rings. The van der Waals surface area contributed by atoms with Crippen LogP contribution in [-0.4, -0.2) is 41.5 Å². The van der Waals surface area contributed by atoms with Crippen LogP contribution >= 0.6 is 22.9 Å². The highest BCUT2D eigenvalue weighted by atomic mass is 35.5. The zero-order chi connectivity index (χ0) is 18.4. The van der Waals surface area contributed by atoms with Crippen molar-refractivity contribution in [2.75, 3.05) is 20.6 Å². The predicted octanol–water partition coefficient (Wildman–Crippen LogP) is 4.04. The van der Waals surface area contributed by atoms with Crippen molar-refractivity contribution < 1.29 is 0 Å². The lowest BCUT2D eigenvalue weighted by atomic mass is 10.2. The molecule has 2 N–H and O–H groups in total. The SMILES string of the molecule is CN=C(NCCc1ccc(Cl)s1)N(C)Cc1ncc(-c2ccccc2)[nH]1. The van der Waals surface area contributed by atoms with Crippen molar-refractivity contribution in [3.8, 4) is 11.3 Å². The molecule has 0 aliphatic rings. The molecule has 0 unspecified atom stereocenters. The Hall–Kier alpha value is -2.31. The second-order valence-electron chi connectivity index (χ2n) is 5.90. The molecule has 0 atom stereocenters. The maximum atomic E-state index is 5.97. The normalized spacial score (nSPS) is 11.6. The van der Waals surface area contributed by atoms with Gasteiger partial charge in [0.05, 0.1) is 22.8 Å². The number of aromatic nitrogens is 2. The Labute approximate surface area is 162 Å². The second kappa shape index (κ2) is 8.87. The largest absolute Gasteiger partial charge is 0.356 e. The van der Waals surface area contributed by atoms with Crippen LogP contribution < -0.4 is 5.32 Å². The van der Waals surface area contributed by atoms with Gasteiger partial charge in [0.15, 0.2) is 5.96 Å². The van der Waals surface area contributed by atoms with Crippen LogP contribution in [0.5, 0.6) is 0 Å². The number of aliphatic imine (C=N–C) groups is 1. The van der Waals surface area contributed by atoms with Gasteiger partial charge in [-0.25, -0.2) is 4.98 Å². The van der Waals surface area contributed by atoms with Crippen LogP contribution in [-0.2, 0) is 13.0 Å². The van der Waals surface area contributed by atoms with Crippen LogP contribution in [0, 0.1) is 0 Å². The Balaban J connectivity index is 1.54. The highest BCUT2D eigenvalue weighted by molar-refractivity contribution is 7.16. The summed E-state index contributed by atoms with van der Waals surface area (Å²) in [5, 5.41) is 3.38. The van der Waals surface area contributed by atoms with Crippen LogP contribution in [0.2, 0.25) is 4.34 Å². The molecule has 2 aromatic heterocycles. The van der Waals surface area contributed by atoms with E-state index in [1.165, 1.54) is 4.88 Å². The molecule has 0 saturated heterocycles. The van der Waals surface area contributed by atoms with Crippen molar-refractivity contribution >= 4 is 28.9 Å². The second-order valence-corrected chi connectivity index (χ2v) is 7.70. The van der Waals surface area contributed by atoms with Gasteiger partial charge in [-0.2, -0.15) is 0 Å². The molecule has 0 aliphatic heterocycles. The number of hydrogen-bond donors (Lipinski definition) is 2. The zero-order valence-electron chi connectivity index (χ0n) is 14.9. The number of hydrogen-bond acceptors (Lipinski definition) is 3. The Morgan fingerprint density at radius 2 is 2.08 bits per heavy atom. The number of nitrogens with zero attached hydrogens (tertiary/aromatic N) is 3. The molecule has 3 rings (SSSR count). The van der Waals surface area contributed by atoms with Gasteiger partial charge in [0.2, 0.25) is 0 Å². The summed E-state index contributed by atoms with van der Waals surface area (Å²) in [6.45, 7) is 1.46. The third kappa shape index (κ3) is 4.86. The van der Waals surface area contributed by atoms with Gasteiger partial charge in [-0.1, -0.05) is 41.9 Å². The van der Waals surface area contributed by atoms with E-state index in [-0.39, 0.29) is 0 Å². The smallest absolute Gasteiger partial charge is 0.193 e. The Kier molecular flexibility index (Phi) is 6.30.